The van der Waals surface area contributed by atoms with Gasteiger partial charge in [0.1, 0.15) is 5.82 Å². The summed E-state index contributed by atoms with van der Waals surface area (Å²) in [6.45, 7) is 4.42. The third-order valence-electron chi connectivity index (χ3n) is 2.87. The molecule has 0 atom stereocenters. The lowest BCUT2D eigenvalue weighted by molar-refractivity contribution is 0.0527. The van der Waals surface area contributed by atoms with Crippen LogP contribution in [0.3, 0.4) is 0 Å². The number of methoxy groups -OCH3 is 2. The molecule has 1 rings (SSSR count). The van der Waals surface area contributed by atoms with Crippen LogP contribution in [0.2, 0.25) is 0 Å². The zero-order valence-electron chi connectivity index (χ0n) is 12.8. The summed E-state index contributed by atoms with van der Waals surface area (Å²) >= 11 is 0. The molecule has 0 aliphatic rings. The van der Waals surface area contributed by atoms with E-state index in [4.69, 9.17) is 19.9 Å². The summed E-state index contributed by atoms with van der Waals surface area (Å²) in [5.74, 6) is 0.193. The highest BCUT2D eigenvalue weighted by Gasteiger charge is 2.15. The van der Waals surface area contributed by atoms with Gasteiger partial charge in [-0.05, 0) is 13.0 Å². The Hall–Kier alpha value is -1.86. The number of hydrogen-bond donors (Lipinski definition) is 1. The van der Waals surface area contributed by atoms with E-state index >= 15 is 0 Å². The molecule has 21 heavy (non-hydrogen) atoms. The van der Waals surface area contributed by atoms with E-state index in [0.717, 1.165) is 0 Å². The van der Waals surface area contributed by atoms with E-state index < -0.39 is 5.97 Å². The average Bonchev–Trinajstić information content (AvgIpc) is 2.48. The van der Waals surface area contributed by atoms with Gasteiger partial charge >= 0.3 is 5.97 Å². The number of nitrogens with two attached hydrogens (primary N) is 1. The van der Waals surface area contributed by atoms with Gasteiger partial charge in [-0.1, -0.05) is 0 Å². The summed E-state index contributed by atoms with van der Waals surface area (Å²) in [4.78, 5) is 18.1. The number of esters is 1. The predicted molar refractivity (Wildman–Crippen MR) is 80.6 cm³/mol. The smallest absolute Gasteiger partial charge is 0.340 e. The number of anilines is 2. The first-order chi connectivity index (χ1) is 10.1. The van der Waals surface area contributed by atoms with Crippen molar-refractivity contribution in [2.75, 3.05) is 57.8 Å². The van der Waals surface area contributed by atoms with Crippen LogP contribution in [0.25, 0.3) is 0 Å². The normalized spacial score (nSPS) is 10.4. The Morgan fingerprint density at radius 1 is 1.29 bits per heavy atom. The minimum atomic E-state index is -0.447. The van der Waals surface area contributed by atoms with Crippen LogP contribution in [0.1, 0.15) is 17.3 Å². The second-order valence-electron chi connectivity index (χ2n) is 4.32. The fraction of sp³-hybridized carbons (Fsp3) is 0.571. The molecule has 0 saturated carbocycles. The SMILES string of the molecule is CCOC(=O)c1cc(N(CCOC)CCOC)ncc1N. The lowest BCUT2D eigenvalue weighted by Crippen LogP contribution is -2.31. The van der Waals surface area contributed by atoms with E-state index in [-0.39, 0.29) is 0 Å². The van der Waals surface area contributed by atoms with Gasteiger partial charge < -0.3 is 24.8 Å². The summed E-state index contributed by atoms with van der Waals surface area (Å²) in [5, 5.41) is 0. The molecule has 1 aromatic rings. The highest BCUT2D eigenvalue weighted by Crippen LogP contribution is 2.19. The maximum atomic E-state index is 11.9. The molecule has 0 aliphatic carbocycles. The molecule has 1 heterocycles. The van der Waals surface area contributed by atoms with Crippen LogP contribution in [0, 0.1) is 0 Å². The van der Waals surface area contributed by atoms with E-state index in [9.17, 15) is 4.79 Å². The molecular formula is C14H23N3O4. The Morgan fingerprint density at radius 2 is 1.90 bits per heavy atom. The van der Waals surface area contributed by atoms with E-state index in [1.54, 1.807) is 27.2 Å². The molecule has 2 N–H and O–H groups in total. The number of nitrogens with zero attached hydrogens (tertiary/aromatic N) is 2. The van der Waals surface area contributed by atoms with Gasteiger partial charge in [0.05, 0.1) is 37.3 Å². The molecule has 0 spiro atoms. The van der Waals surface area contributed by atoms with Crippen LogP contribution in [-0.4, -0.2) is 58.1 Å². The minimum Gasteiger partial charge on any atom is -0.462 e. The molecular weight excluding hydrogens is 274 g/mol. The molecule has 0 amide bonds. The van der Waals surface area contributed by atoms with Crippen molar-refractivity contribution < 1.29 is 19.0 Å². The largest absolute Gasteiger partial charge is 0.462 e. The van der Waals surface area contributed by atoms with E-state index in [2.05, 4.69) is 4.98 Å². The average molecular weight is 297 g/mol. The Bertz CT molecular complexity index is 446. The Kier molecular flexibility index (Phi) is 7.49. The van der Waals surface area contributed by atoms with Crippen LogP contribution in [0.15, 0.2) is 12.3 Å². The number of rotatable bonds is 9. The Morgan fingerprint density at radius 3 is 2.43 bits per heavy atom. The molecule has 118 valence electrons. The zero-order chi connectivity index (χ0) is 15.7. The minimum absolute atomic E-state index is 0.299. The lowest BCUT2D eigenvalue weighted by Gasteiger charge is -2.23. The highest BCUT2D eigenvalue weighted by atomic mass is 16.5. The topological polar surface area (TPSA) is 86.9 Å². The third kappa shape index (κ3) is 5.20. The van der Waals surface area contributed by atoms with Crippen LogP contribution in [0.5, 0.6) is 0 Å². The number of nitrogen functional groups attached to an aromatic ring is 1. The van der Waals surface area contributed by atoms with Gasteiger partial charge in [-0.2, -0.15) is 0 Å². The summed E-state index contributed by atoms with van der Waals surface area (Å²) in [6.07, 6.45) is 1.47. The molecule has 0 radical (unpaired) electrons. The Labute approximate surface area is 125 Å². The third-order valence-corrected chi connectivity index (χ3v) is 2.87. The number of ether oxygens (including phenoxy) is 3. The molecule has 0 saturated heterocycles. The standard InChI is InChI=1S/C14H23N3O4/c1-4-21-14(18)11-9-13(16-10-12(11)15)17(5-7-19-2)6-8-20-3/h9-10H,4-8,15H2,1-3H3. The summed E-state index contributed by atoms with van der Waals surface area (Å²) in [6, 6.07) is 1.64. The Balaban J connectivity index is 2.96. The van der Waals surface area contributed by atoms with Crippen molar-refractivity contribution in [1.29, 1.82) is 0 Å². The highest BCUT2D eigenvalue weighted by molar-refractivity contribution is 5.95. The van der Waals surface area contributed by atoms with Gasteiger partial charge in [0, 0.05) is 27.3 Å². The van der Waals surface area contributed by atoms with Gasteiger partial charge in [-0.15, -0.1) is 0 Å². The molecule has 7 heteroatoms. The van der Waals surface area contributed by atoms with Gasteiger partial charge in [-0.25, -0.2) is 9.78 Å². The second kappa shape index (κ2) is 9.15. The fourth-order valence-corrected chi connectivity index (χ4v) is 1.76. The first-order valence-corrected chi connectivity index (χ1v) is 6.79. The molecule has 0 aromatic carbocycles. The summed E-state index contributed by atoms with van der Waals surface area (Å²) < 4.78 is 15.2. The molecule has 0 aliphatic heterocycles. The zero-order valence-corrected chi connectivity index (χ0v) is 12.8. The van der Waals surface area contributed by atoms with Crippen LogP contribution in [-0.2, 0) is 14.2 Å². The van der Waals surface area contributed by atoms with Crippen LogP contribution >= 0.6 is 0 Å². The second-order valence-corrected chi connectivity index (χ2v) is 4.32. The van der Waals surface area contributed by atoms with Crippen molar-refractivity contribution in [3.63, 3.8) is 0 Å². The lowest BCUT2D eigenvalue weighted by atomic mass is 10.2. The van der Waals surface area contributed by atoms with Crippen molar-refractivity contribution >= 4 is 17.5 Å². The van der Waals surface area contributed by atoms with Crippen LogP contribution < -0.4 is 10.6 Å². The molecule has 0 fully saturated rings. The van der Waals surface area contributed by atoms with Crippen molar-refractivity contribution in [3.8, 4) is 0 Å². The van der Waals surface area contributed by atoms with Crippen molar-refractivity contribution in [3.05, 3.63) is 17.8 Å². The van der Waals surface area contributed by atoms with Crippen molar-refractivity contribution in [1.82, 2.24) is 4.98 Å². The summed E-state index contributed by atoms with van der Waals surface area (Å²) in [5.41, 5.74) is 6.41. The van der Waals surface area contributed by atoms with Crippen molar-refractivity contribution in [2.24, 2.45) is 0 Å². The fourth-order valence-electron chi connectivity index (χ4n) is 1.76. The van der Waals surface area contributed by atoms with Gasteiger partial charge in [0.15, 0.2) is 0 Å². The first-order valence-electron chi connectivity index (χ1n) is 6.79. The monoisotopic (exact) mass is 297 g/mol. The number of hydrogen-bond acceptors (Lipinski definition) is 7. The van der Waals surface area contributed by atoms with Crippen LogP contribution in [0.4, 0.5) is 11.5 Å². The molecule has 7 nitrogen and oxygen atoms in total. The summed E-state index contributed by atoms with van der Waals surface area (Å²) in [7, 11) is 3.27. The molecule has 0 unspecified atom stereocenters. The number of aromatic nitrogens is 1. The van der Waals surface area contributed by atoms with Gasteiger partial charge in [0.25, 0.3) is 0 Å². The van der Waals surface area contributed by atoms with E-state index in [0.29, 0.717) is 50.0 Å². The quantitative estimate of drug-likeness (QED) is 0.679. The number of carbonyl (C=O) groups excluding carboxylic acids is 1. The molecule has 0 bridgehead atoms. The number of pyridine rings is 1. The molecule has 1 aromatic heterocycles. The van der Waals surface area contributed by atoms with E-state index in [1.807, 2.05) is 4.90 Å². The first kappa shape index (κ1) is 17.2. The predicted octanol–water partition coefficient (Wildman–Crippen LogP) is 0.940. The van der Waals surface area contributed by atoms with E-state index in [1.165, 1.54) is 6.20 Å². The van der Waals surface area contributed by atoms with Gasteiger partial charge in [-0.3, -0.25) is 0 Å². The van der Waals surface area contributed by atoms with Crippen molar-refractivity contribution in [2.45, 2.75) is 6.92 Å². The maximum Gasteiger partial charge on any atom is 0.340 e. The van der Waals surface area contributed by atoms with Gasteiger partial charge in [0.2, 0.25) is 0 Å². The maximum absolute atomic E-state index is 11.9. The number of carbonyl (C=O) groups is 1.